The molecule has 0 aliphatic heterocycles. The van der Waals surface area contributed by atoms with E-state index in [1.807, 2.05) is 19.1 Å². The second-order valence-corrected chi connectivity index (χ2v) is 7.69. The summed E-state index contributed by atoms with van der Waals surface area (Å²) in [5, 5.41) is 18.3. The molecule has 0 aliphatic carbocycles. The smallest absolute Gasteiger partial charge is 0.303 e. The molecule has 0 amide bonds. The van der Waals surface area contributed by atoms with E-state index in [1.54, 1.807) is 0 Å². The first-order valence-electron chi connectivity index (χ1n) is 11.2. The maximum Gasteiger partial charge on any atom is 0.303 e. The van der Waals surface area contributed by atoms with E-state index >= 15 is 0 Å². The van der Waals surface area contributed by atoms with Crippen LogP contribution < -0.4 is 0 Å². The van der Waals surface area contributed by atoms with Gasteiger partial charge in [0.05, 0.1) is 6.10 Å². The fourth-order valence-electron chi connectivity index (χ4n) is 3.37. The predicted octanol–water partition coefficient (Wildman–Crippen LogP) is 7.03. The lowest BCUT2D eigenvalue weighted by atomic mass is 10.0. The van der Waals surface area contributed by atoms with Gasteiger partial charge in [-0.2, -0.15) is 0 Å². The highest BCUT2D eigenvalue weighted by Gasteiger charge is 2.01. The number of rotatable bonds is 20. The van der Waals surface area contributed by atoms with Crippen molar-refractivity contribution in [3.8, 4) is 0 Å². The molecule has 2 N–H and O–H groups in total. The number of aliphatic hydroxyl groups is 1. The van der Waals surface area contributed by atoms with Crippen LogP contribution in [0.2, 0.25) is 0 Å². The van der Waals surface area contributed by atoms with E-state index in [0.717, 1.165) is 32.1 Å². The van der Waals surface area contributed by atoms with E-state index in [0.29, 0.717) is 6.42 Å². The van der Waals surface area contributed by atoms with Crippen molar-refractivity contribution < 1.29 is 15.0 Å². The number of allylic oxidation sites excluding steroid dienone is 1. The molecule has 0 rings (SSSR count). The maximum absolute atomic E-state index is 10.4. The summed E-state index contributed by atoms with van der Waals surface area (Å²) in [4.78, 5) is 10.4. The van der Waals surface area contributed by atoms with Crippen LogP contribution in [0.3, 0.4) is 0 Å². The highest BCUT2D eigenvalue weighted by atomic mass is 16.4. The molecule has 1 unspecified atom stereocenters. The number of unbranched alkanes of at least 4 members (excludes halogenated alkanes) is 14. The van der Waals surface area contributed by atoms with Crippen LogP contribution in [0.4, 0.5) is 0 Å². The third-order valence-corrected chi connectivity index (χ3v) is 5.07. The van der Waals surface area contributed by atoms with Gasteiger partial charge in [-0.3, -0.25) is 4.79 Å². The summed E-state index contributed by atoms with van der Waals surface area (Å²) in [7, 11) is 0. The van der Waals surface area contributed by atoms with Crippen LogP contribution in [0, 0.1) is 0 Å². The standard InChI is InChI=1S/C23H44O3/c1-2-3-19-22(24)20-17-15-13-11-9-7-5-4-6-8-10-12-14-16-18-21-23(25)26/h2-3,22,24H,4-21H2,1H3,(H,25,26). The van der Waals surface area contributed by atoms with E-state index in [-0.39, 0.29) is 6.10 Å². The highest BCUT2D eigenvalue weighted by Crippen LogP contribution is 2.14. The molecule has 0 aromatic rings. The Labute approximate surface area is 162 Å². The molecule has 0 aliphatic rings. The van der Waals surface area contributed by atoms with Gasteiger partial charge in [0, 0.05) is 6.42 Å². The Balaban J connectivity index is 3.08. The molecule has 0 aromatic carbocycles. The van der Waals surface area contributed by atoms with Gasteiger partial charge in [-0.05, 0) is 26.2 Å². The van der Waals surface area contributed by atoms with Gasteiger partial charge >= 0.3 is 5.97 Å². The van der Waals surface area contributed by atoms with Gasteiger partial charge in [-0.15, -0.1) is 0 Å². The monoisotopic (exact) mass is 368 g/mol. The van der Waals surface area contributed by atoms with Crippen LogP contribution in [-0.4, -0.2) is 22.3 Å². The Morgan fingerprint density at radius 1 is 0.731 bits per heavy atom. The summed E-state index contributed by atoms with van der Waals surface area (Å²) in [6.45, 7) is 2.00. The molecule has 0 heterocycles. The normalized spacial score (nSPS) is 12.7. The zero-order valence-electron chi connectivity index (χ0n) is 17.3. The Morgan fingerprint density at radius 3 is 1.50 bits per heavy atom. The van der Waals surface area contributed by atoms with Gasteiger partial charge in [0.25, 0.3) is 0 Å². The highest BCUT2D eigenvalue weighted by molar-refractivity contribution is 5.66. The molecule has 3 heteroatoms. The van der Waals surface area contributed by atoms with Gasteiger partial charge < -0.3 is 10.2 Å². The number of hydrogen-bond acceptors (Lipinski definition) is 2. The van der Waals surface area contributed by atoms with Gasteiger partial charge in [-0.1, -0.05) is 102 Å². The van der Waals surface area contributed by atoms with Crippen molar-refractivity contribution in [3.05, 3.63) is 12.2 Å². The van der Waals surface area contributed by atoms with Crippen molar-refractivity contribution in [1.29, 1.82) is 0 Å². The molecule has 0 spiro atoms. The Morgan fingerprint density at radius 2 is 1.12 bits per heavy atom. The van der Waals surface area contributed by atoms with E-state index in [9.17, 15) is 9.90 Å². The lowest BCUT2D eigenvalue weighted by Gasteiger charge is -2.07. The average Bonchev–Trinajstić information content (AvgIpc) is 2.62. The first kappa shape index (κ1) is 25.2. The zero-order chi connectivity index (χ0) is 19.3. The molecule has 0 aromatic heterocycles. The molecule has 3 nitrogen and oxygen atoms in total. The minimum atomic E-state index is -0.663. The summed E-state index contributed by atoms with van der Waals surface area (Å²) in [6, 6.07) is 0. The van der Waals surface area contributed by atoms with Crippen LogP contribution >= 0.6 is 0 Å². The predicted molar refractivity (Wildman–Crippen MR) is 112 cm³/mol. The summed E-state index contributed by atoms with van der Waals surface area (Å²) in [6.07, 6.45) is 25.0. The number of carboxylic acids is 1. The first-order valence-corrected chi connectivity index (χ1v) is 11.2. The summed E-state index contributed by atoms with van der Waals surface area (Å²) in [5.74, 6) is -0.663. The molecule has 0 radical (unpaired) electrons. The van der Waals surface area contributed by atoms with Crippen molar-refractivity contribution in [2.45, 2.75) is 129 Å². The number of aliphatic hydroxyl groups excluding tert-OH is 1. The minimum absolute atomic E-state index is 0.143. The van der Waals surface area contributed by atoms with Crippen LogP contribution in [0.15, 0.2) is 12.2 Å². The minimum Gasteiger partial charge on any atom is -0.481 e. The number of carbonyl (C=O) groups is 1. The molecule has 154 valence electrons. The third kappa shape index (κ3) is 21.2. The van der Waals surface area contributed by atoms with E-state index in [1.165, 1.54) is 77.0 Å². The topological polar surface area (TPSA) is 57.5 Å². The second-order valence-electron chi connectivity index (χ2n) is 7.69. The van der Waals surface area contributed by atoms with E-state index in [2.05, 4.69) is 0 Å². The van der Waals surface area contributed by atoms with Gasteiger partial charge in [0.1, 0.15) is 0 Å². The Kier molecular flexibility index (Phi) is 19.8. The van der Waals surface area contributed by atoms with Gasteiger partial charge in [-0.25, -0.2) is 0 Å². The molecule has 1 atom stereocenters. The third-order valence-electron chi connectivity index (χ3n) is 5.07. The zero-order valence-corrected chi connectivity index (χ0v) is 17.3. The fraction of sp³-hybridized carbons (Fsp3) is 0.870. The molecule has 0 bridgehead atoms. The Bertz CT molecular complexity index is 325. The van der Waals surface area contributed by atoms with Gasteiger partial charge in [0.2, 0.25) is 0 Å². The van der Waals surface area contributed by atoms with Crippen LogP contribution in [-0.2, 0) is 4.79 Å². The first-order chi connectivity index (χ1) is 12.7. The average molecular weight is 369 g/mol. The fourth-order valence-corrected chi connectivity index (χ4v) is 3.37. The summed E-state index contributed by atoms with van der Waals surface area (Å²) in [5.41, 5.74) is 0. The van der Waals surface area contributed by atoms with Crippen molar-refractivity contribution in [3.63, 3.8) is 0 Å². The molecule has 0 saturated carbocycles. The van der Waals surface area contributed by atoms with Crippen molar-refractivity contribution in [2.24, 2.45) is 0 Å². The Hall–Kier alpha value is -0.830. The molecule has 26 heavy (non-hydrogen) atoms. The van der Waals surface area contributed by atoms with Crippen LogP contribution in [0.25, 0.3) is 0 Å². The summed E-state index contributed by atoms with van der Waals surface area (Å²) < 4.78 is 0. The number of aliphatic carboxylic acids is 1. The molecule has 0 saturated heterocycles. The summed E-state index contributed by atoms with van der Waals surface area (Å²) >= 11 is 0. The van der Waals surface area contributed by atoms with Crippen LogP contribution in [0.1, 0.15) is 122 Å². The van der Waals surface area contributed by atoms with Crippen molar-refractivity contribution in [2.75, 3.05) is 0 Å². The van der Waals surface area contributed by atoms with E-state index < -0.39 is 5.97 Å². The van der Waals surface area contributed by atoms with Gasteiger partial charge in [0.15, 0.2) is 0 Å². The molecular weight excluding hydrogens is 324 g/mol. The number of hydrogen-bond donors (Lipinski definition) is 2. The second kappa shape index (κ2) is 20.5. The SMILES string of the molecule is CC=CCC(O)CCCCCCCCCCCCCCCCCC(=O)O. The largest absolute Gasteiger partial charge is 0.481 e. The number of carboxylic acid groups (broad SMARTS) is 1. The van der Waals surface area contributed by atoms with Crippen LogP contribution in [0.5, 0.6) is 0 Å². The van der Waals surface area contributed by atoms with Crippen molar-refractivity contribution >= 4 is 5.97 Å². The maximum atomic E-state index is 10.4. The quantitative estimate of drug-likeness (QED) is 0.179. The molecule has 0 fully saturated rings. The molecular formula is C23H44O3. The van der Waals surface area contributed by atoms with E-state index in [4.69, 9.17) is 5.11 Å². The lowest BCUT2D eigenvalue weighted by Crippen LogP contribution is -2.04. The van der Waals surface area contributed by atoms with Crippen molar-refractivity contribution in [1.82, 2.24) is 0 Å². The lowest BCUT2D eigenvalue weighted by molar-refractivity contribution is -0.137.